The van der Waals surface area contributed by atoms with Crippen LogP contribution in [0, 0.1) is 0 Å². The molecule has 0 aromatic carbocycles. The van der Waals surface area contributed by atoms with Crippen molar-refractivity contribution in [2.24, 2.45) is 0 Å². The van der Waals surface area contributed by atoms with Gasteiger partial charge in [0, 0.05) is 29.6 Å². The molecule has 0 atom stereocenters. The van der Waals surface area contributed by atoms with Crippen LogP contribution in [0.3, 0.4) is 0 Å². The van der Waals surface area contributed by atoms with Crippen LogP contribution in [0.1, 0.15) is 0 Å². The molecule has 2 N–H and O–H groups in total. The van der Waals surface area contributed by atoms with Gasteiger partial charge in [-0.1, -0.05) is 13.2 Å². The number of carbonyl (C=O) groups excluding carboxylic acids is 2. The van der Waals surface area contributed by atoms with Gasteiger partial charge in [0.2, 0.25) is 11.8 Å². The van der Waals surface area contributed by atoms with Crippen molar-refractivity contribution < 1.29 is 18.0 Å². The second-order valence-electron chi connectivity index (χ2n) is 2.52. The second-order valence-corrected chi connectivity index (χ2v) is 4.59. The Hall–Kier alpha value is -0.630. The van der Waals surface area contributed by atoms with E-state index in [9.17, 15) is 18.0 Å². The van der Waals surface area contributed by atoms with Gasteiger partial charge in [0.25, 0.3) is 0 Å². The monoisotopic (exact) mass is 255 g/mol. The number of nitrogens with one attached hydrogen (secondary N) is 2. The summed E-state index contributed by atoms with van der Waals surface area (Å²) in [6.45, 7) is 6.32. The average molecular weight is 255 g/mol. The number of sulfone groups is 1. The summed E-state index contributed by atoms with van der Waals surface area (Å²) in [6.07, 6.45) is 1.91. The first-order chi connectivity index (χ1) is 6.91. The topological polar surface area (TPSA) is 92.3 Å². The molecule has 0 bridgehead atoms. The van der Waals surface area contributed by atoms with E-state index in [4.69, 9.17) is 0 Å². The largest absolute Gasteiger partial charge is 0.338 e. The minimum atomic E-state index is -3.55. The molecule has 0 heterocycles. The van der Waals surface area contributed by atoms with E-state index >= 15 is 0 Å². The molecule has 0 fully saturated rings. The van der Waals surface area contributed by atoms with E-state index in [0.29, 0.717) is 0 Å². The summed E-state index contributed by atoms with van der Waals surface area (Å²) in [5.41, 5.74) is 0. The van der Waals surface area contributed by atoms with E-state index < -0.39 is 33.4 Å². The van der Waals surface area contributed by atoms with Crippen LogP contribution in [0.25, 0.3) is 0 Å². The van der Waals surface area contributed by atoms with Gasteiger partial charge in [-0.15, -0.1) is 0 Å². The predicted octanol–water partition coefficient (Wildman–Crippen LogP) is -1.46. The summed E-state index contributed by atoms with van der Waals surface area (Å²) < 4.78 is 22.3. The molecule has 16 heavy (non-hydrogen) atoms. The molecule has 0 aliphatic rings. The maximum atomic E-state index is 11.2. The van der Waals surface area contributed by atoms with Crippen LogP contribution in [0.4, 0.5) is 0 Å². The maximum absolute atomic E-state index is 11.2. The van der Waals surface area contributed by atoms with Gasteiger partial charge in [-0.05, 0) is 12.2 Å². The molecule has 0 aromatic heterocycles. The van der Waals surface area contributed by atoms with Crippen LogP contribution in [0.5, 0.6) is 0 Å². The van der Waals surface area contributed by atoms with Crippen LogP contribution in [-0.4, -0.2) is 61.5 Å². The summed E-state index contributed by atoms with van der Waals surface area (Å²) in [5.74, 6) is -2.27. The zero-order valence-electron chi connectivity index (χ0n) is 9.02. The van der Waals surface area contributed by atoms with E-state index in [-0.39, 0.29) is 29.6 Å². The summed E-state index contributed by atoms with van der Waals surface area (Å²) in [4.78, 5) is 21.3. The Morgan fingerprint density at radius 2 is 1.31 bits per heavy atom. The zero-order chi connectivity index (χ0) is 11.9. The van der Waals surface area contributed by atoms with Gasteiger partial charge < -0.3 is 10.6 Å². The molecule has 0 unspecified atom stereocenters. The Balaban J connectivity index is 0. The number of hydrogen-bond acceptors (Lipinski definition) is 4. The number of carbonyl (C=O) groups is 2. The van der Waals surface area contributed by atoms with Gasteiger partial charge in [0.15, 0.2) is 9.84 Å². The molecule has 85 valence electrons. The third-order valence-electron chi connectivity index (χ3n) is 1.30. The van der Waals surface area contributed by atoms with Crippen LogP contribution in [0.2, 0.25) is 0 Å². The molecule has 1 radical (unpaired) electrons. The smallest absolute Gasteiger partial charge is 0.244 e. The maximum Gasteiger partial charge on any atom is 0.244 e. The molecule has 0 aromatic rings. The van der Waals surface area contributed by atoms with Gasteiger partial charge in [0.05, 0.1) is 0 Å². The fraction of sp³-hybridized carbons (Fsp3) is 0.250. The predicted molar refractivity (Wildman–Crippen MR) is 61.1 cm³/mol. The van der Waals surface area contributed by atoms with Crippen molar-refractivity contribution >= 4 is 51.2 Å². The van der Waals surface area contributed by atoms with Crippen LogP contribution in [-0.2, 0) is 19.4 Å². The molecule has 6 nitrogen and oxygen atoms in total. The minimum absolute atomic E-state index is 0. The molecule has 0 rings (SSSR count). The number of hydrogen-bond donors (Lipinski definition) is 2. The molecule has 2 amide bonds. The van der Waals surface area contributed by atoms with Gasteiger partial charge >= 0.3 is 0 Å². The molecular formula is C8H12N2NaO4S. The Morgan fingerprint density at radius 3 is 1.56 bits per heavy atom. The van der Waals surface area contributed by atoms with E-state index in [0.717, 1.165) is 12.2 Å². The van der Waals surface area contributed by atoms with E-state index in [1.54, 1.807) is 0 Å². The molecule has 8 heteroatoms. The molecular weight excluding hydrogens is 243 g/mol. The Kier molecular flexibility index (Phi) is 9.45. The summed E-state index contributed by atoms with van der Waals surface area (Å²) in [7, 11) is -3.55. The van der Waals surface area contributed by atoms with E-state index in [1.807, 2.05) is 0 Å². The standard InChI is InChI=1S/C8H12N2O4S.Na/c1-3-7(11)9-5-15(13,14)6-10-8(12)4-2;/h3-4H,1-2,5-6H2,(H,9,11)(H,10,12);. The molecule has 0 saturated carbocycles. The van der Waals surface area contributed by atoms with Crippen molar-refractivity contribution in [1.82, 2.24) is 10.6 Å². The zero-order valence-corrected chi connectivity index (χ0v) is 11.8. The molecule has 0 saturated heterocycles. The van der Waals surface area contributed by atoms with Gasteiger partial charge in [-0.3, -0.25) is 9.59 Å². The first kappa shape index (κ1) is 17.8. The van der Waals surface area contributed by atoms with Crippen molar-refractivity contribution in [2.45, 2.75) is 0 Å². The average Bonchev–Trinajstić information content (AvgIpc) is 2.22. The Bertz CT molecular complexity index is 347. The van der Waals surface area contributed by atoms with Gasteiger partial charge in [-0.2, -0.15) is 0 Å². The fourth-order valence-corrected chi connectivity index (χ4v) is 1.38. The van der Waals surface area contributed by atoms with Crippen LogP contribution in [0.15, 0.2) is 25.3 Å². The third kappa shape index (κ3) is 8.66. The normalized spacial score (nSPS) is 9.50. The van der Waals surface area contributed by atoms with E-state index in [2.05, 4.69) is 23.8 Å². The Labute approximate surface area is 116 Å². The summed E-state index contributed by atoms with van der Waals surface area (Å²) in [6, 6.07) is 0. The fourth-order valence-electron chi connectivity index (χ4n) is 0.558. The molecule has 0 aliphatic heterocycles. The van der Waals surface area contributed by atoms with Gasteiger partial charge in [-0.25, -0.2) is 8.42 Å². The first-order valence-corrected chi connectivity index (χ1v) is 5.74. The van der Waals surface area contributed by atoms with Crippen molar-refractivity contribution in [3.05, 3.63) is 25.3 Å². The molecule has 0 spiro atoms. The van der Waals surface area contributed by atoms with E-state index in [1.165, 1.54) is 0 Å². The minimum Gasteiger partial charge on any atom is -0.338 e. The first-order valence-electron chi connectivity index (χ1n) is 3.92. The quantitative estimate of drug-likeness (QED) is 0.448. The van der Waals surface area contributed by atoms with Gasteiger partial charge in [0.1, 0.15) is 11.8 Å². The number of rotatable bonds is 6. The van der Waals surface area contributed by atoms with Crippen molar-refractivity contribution in [3.8, 4) is 0 Å². The van der Waals surface area contributed by atoms with Crippen molar-refractivity contribution in [2.75, 3.05) is 11.8 Å². The summed E-state index contributed by atoms with van der Waals surface area (Å²) >= 11 is 0. The Morgan fingerprint density at radius 1 is 1.00 bits per heavy atom. The number of amides is 2. The van der Waals surface area contributed by atoms with Crippen molar-refractivity contribution in [1.29, 1.82) is 0 Å². The van der Waals surface area contributed by atoms with Crippen molar-refractivity contribution in [3.63, 3.8) is 0 Å². The second kappa shape index (κ2) is 8.51. The summed E-state index contributed by atoms with van der Waals surface area (Å²) in [5, 5.41) is 4.18. The van der Waals surface area contributed by atoms with Crippen LogP contribution < -0.4 is 10.6 Å². The SMILES string of the molecule is C=CC(=O)NCS(=O)(=O)CNC(=O)C=C.[Na]. The van der Waals surface area contributed by atoms with Crippen LogP contribution >= 0.6 is 0 Å². The third-order valence-corrected chi connectivity index (χ3v) is 2.47. The molecule has 0 aliphatic carbocycles.